The van der Waals surface area contributed by atoms with E-state index in [2.05, 4.69) is 14.7 Å². The van der Waals surface area contributed by atoms with Crippen molar-refractivity contribution in [1.29, 1.82) is 5.26 Å². The van der Waals surface area contributed by atoms with Crippen LogP contribution in [-0.2, 0) is 16.4 Å². The lowest BCUT2D eigenvalue weighted by Gasteiger charge is -2.00. The van der Waals surface area contributed by atoms with Gasteiger partial charge < -0.3 is 0 Å². The molecule has 1 N–H and O–H groups in total. The van der Waals surface area contributed by atoms with Gasteiger partial charge >= 0.3 is 0 Å². The van der Waals surface area contributed by atoms with Crippen molar-refractivity contribution in [3.05, 3.63) is 18.1 Å². The minimum absolute atomic E-state index is 0.118. The predicted molar refractivity (Wildman–Crippen MR) is 47.6 cm³/mol. The first-order valence-electron chi connectivity index (χ1n) is 3.71. The van der Waals surface area contributed by atoms with E-state index >= 15 is 0 Å². The molecule has 0 unspecified atom stereocenters. The van der Waals surface area contributed by atoms with Crippen LogP contribution in [0, 0.1) is 11.3 Å². The second-order valence-corrected chi connectivity index (χ2v) is 4.22. The van der Waals surface area contributed by atoms with Crippen molar-refractivity contribution >= 4 is 10.0 Å². The Morgan fingerprint density at radius 2 is 2.21 bits per heavy atom. The molecule has 1 rings (SSSR count). The summed E-state index contributed by atoms with van der Waals surface area (Å²) in [6.07, 6.45) is 2.51. The predicted octanol–water partition coefficient (Wildman–Crippen LogP) is -0.549. The zero-order valence-corrected chi connectivity index (χ0v) is 8.24. The second kappa shape index (κ2) is 4.13. The average molecular weight is 212 g/mol. The van der Waals surface area contributed by atoms with Gasteiger partial charge in [-0.15, -0.1) is 0 Å². The van der Waals surface area contributed by atoms with Gasteiger partial charge in [-0.2, -0.15) is 5.26 Å². The van der Waals surface area contributed by atoms with E-state index in [1.54, 1.807) is 0 Å². The molecule has 0 fully saturated rings. The zero-order chi connectivity index (χ0) is 10.6. The Labute approximate surface area is 81.7 Å². The van der Waals surface area contributed by atoms with Crippen LogP contribution in [-0.4, -0.2) is 25.4 Å². The number of nitriles is 1. The van der Waals surface area contributed by atoms with Crippen molar-refractivity contribution in [2.24, 2.45) is 0 Å². The topological polar surface area (TPSA) is 95.7 Å². The van der Waals surface area contributed by atoms with Gasteiger partial charge in [-0.05, 0) is 7.05 Å². The SMILES string of the molecule is CNS(=O)(=O)c1cnc(CC#N)cn1. The molecule has 6 nitrogen and oxygen atoms in total. The molecule has 0 aliphatic rings. The van der Waals surface area contributed by atoms with Crippen molar-refractivity contribution in [1.82, 2.24) is 14.7 Å². The number of hydrogen-bond donors (Lipinski definition) is 1. The number of aromatic nitrogens is 2. The van der Waals surface area contributed by atoms with Gasteiger partial charge in [0.25, 0.3) is 10.0 Å². The molecule has 1 heterocycles. The third-order valence-corrected chi connectivity index (χ3v) is 2.78. The molecular weight excluding hydrogens is 204 g/mol. The van der Waals surface area contributed by atoms with E-state index in [1.807, 2.05) is 6.07 Å². The van der Waals surface area contributed by atoms with E-state index in [-0.39, 0.29) is 11.4 Å². The second-order valence-electron chi connectivity index (χ2n) is 2.39. The summed E-state index contributed by atoms with van der Waals surface area (Å²) < 4.78 is 24.5. The van der Waals surface area contributed by atoms with Crippen molar-refractivity contribution in [3.63, 3.8) is 0 Å². The molecule has 0 aliphatic heterocycles. The smallest absolute Gasteiger partial charge is 0.256 e. The normalized spacial score (nSPS) is 10.9. The van der Waals surface area contributed by atoms with Gasteiger partial charge in [0.05, 0.1) is 30.6 Å². The zero-order valence-electron chi connectivity index (χ0n) is 7.43. The highest BCUT2D eigenvalue weighted by Crippen LogP contribution is 2.02. The summed E-state index contributed by atoms with van der Waals surface area (Å²) in [6.45, 7) is 0. The van der Waals surface area contributed by atoms with Gasteiger partial charge in [0.2, 0.25) is 0 Å². The maximum Gasteiger partial charge on any atom is 0.259 e. The Hall–Kier alpha value is -1.52. The number of nitrogens with one attached hydrogen (secondary N) is 1. The molecule has 1 aromatic heterocycles. The van der Waals surface area contributed by atoms with Gasteiger partial charge in [-0.25, -0.2) is 18.1 Å². The summed E-state index contributed by atoms with van der Waals surface area (Å²) in [5.74, 6) is 0. The van der Waals surface area contributed by atoms with E-state index in [9.17, 15) is 8.42 Å². The van der Waals surface area contributed by atoms with Crippen molar-refractivity contribution in [2.75, 3.05) is 7.05 Å². The minimum atomic E-state index is -3.54. The van der Waals surface area contributed by atoms with Gasteiger partial charge in [0.15, 0.2) is 5.03 Å². The van der Waals surface area contributed by atoms with Crippen molar-refractivity contribution in [3.8, 4) is 6.07 Å². The number of sulfonamides is 1. The summed E-state index contributed by atoms with van der Waals surface area (Å²) >= 11 is 0. The van der Waals surface area contributed by atoms with Crippen molar-refractivity contribution in [2.45, 2.75) is 11.4 Å². The van der Waals surface area contributed by atoms with E-state index in [1.165, 1.54) is 13.2 Å². The highest BCUT2D eigenvalue weighted by atomic mass is 32.2. The largest absolute Gasteiger partial charge is 0.259 e. The van der Waals surface area contributed by atoms with E-state index in [0.717, 1.165) is 6.20 Å². The molecular formula is C7H8N4O2S. The lowest BCUT2D eigenvalue weighted by Crippen LogP contribution is -2.20. The highest BCUT2D eigenvalue weighted by molar-refractivity contribution is 7.89. The van der Waals surface area contributed by atoms with Gasteiger partial charge in [0, 0.05) is 0 Å². The fourth-order valence-electron chi connectivity index (χ4n) is 0.759. The van der Waals surface area contributed by atoms with Gasteiger partial charge in [0.1, 0.15) is 0 Å². The third kappa shape index (κ3) is 2.25. The Morgan fingerprint density at radius 3 is 2.64 bits per heavy atom. The molecule has 1 aromatic rings. The Balaban J connectivity index is 3.01. The van der Waals surface area contributed by atoms with Gasteiger partial charge in [-0.1, -0.05) is 0 Å². The first-order chi connectivity index (χ1) is 6.60. The van der Waals surface area contributed by atoms with Crippen molar-refractivity contribution < 1.29 is 8.42 Å². The molecule has 0 saturated heterocycles. The molecule has 0 spiro atoms. The minimum Gasteiger partial charge on any atom is -0.256 e. The van der Waals surface area contributed by atoms with Crippen LogP contribution in [0.4, 0.5) is 0 Å². The number of rotatable bonds is 3. The van der Waals surface area contributed by atoms with Crippen LogP contribution in [0.25, 0.3) is 0 Å². The van der Waals surface area contributed by atoms with E-state index in [0.29, 0.717) is 5.69 Å². The first kappa shape index (κ1) is 10.6. The molecule has 0 amide bonds. The van der Waals surface area contributed by atoms with E-state index in [4.69, 9.17) is 5.26 Å². The summed E-state index contributed by atoms with van der Waals surface area (Å²) in [7, 11) is -2.24. The molecule has 0 saturated carbocycles. The number of nitrogens with zero attached hydrogens (tertiary/aromatic N) is 3. The summed E-state index contributed by atoms with van der Waals surface area (Å²) in [6, 6.07) is 1.89. The Bertz CT molecular complexity index is 446. The Morgan fingerprint density at radius 1 is 1.50 bits per heavy atom. The average Bonchev–Trinajstić information content (AvgIpc) is 2.19. The maximum atomic E-state index is 11.2. The molecule has 7 heteroatoms. The molecule has 0 bridgehead atoms. The van der Waals surface area contributed by atoms with Gasteiger partial charge in [-0.3, -0.25) is 4.98 Å². The van der Waals surface area contributed by atoms with Crippen LogP contribution in [0.5, 0.6) is 0 Å². The number of hydrogen-bond acceptors (Lipinski definition) is 5. The lowest BCUT2D eigenvalue weighted by molar-refractivity contribution is 0.583. The molecule has 0 radical (unpaired) electrons. The molecule has 14 heavy (non-hydrogen) atoms. The first-order valence-corrected chi connectivity index (χ1v) is 5.20. The maximum absolute atomic E-state index is 11.2. The molecule has 0 aliphatic carbocycles. The quantitative estimate of drug-likeness (QED) is 0.725. The fraction of sp³-hybridized carbons (Fsp3) is 0.286. The lowest BCUT2D eigenvalue weighted by atomic mass is 10.3. The molecule has 0 atom stereocenters. The van der Waals surface area contributed by atoms with Crippen LogP contribution in [0.1, 0.15) is 5.69 Å². The van der Waals surface area contributed by atoms with Crippen LogP contribution in [0.15, 0.2) is 17.4 Å². The Kier molecular flexibility index (Phi) is 3.11. The highest BCUT2D eigenvalue weighted by Gasteiger charge is 2.12. The van der Waals surface area contributed by atoms with Crippen LogP contribution < -0.4 is 4.72 Å². The standard InChI is InChI=1S/C7H8N4O2S/c1-9-14(12,13)7-5-10-6(2-3-8)4-11-7/h4-5,9H,2H2,1H3. The van der Waals surface area contributed by atoms with E-state index < -0.39 is 10.0 Å². The summed E-state index contributed by atoms with van der Waals surface area (Å²) in [5, 5.41) is 8.20. The third-order valence-electron chi connectivity index (χ3n) is 1.49. The molecule has 74 valence electrons. The fourth-order valence-corrected chi connectivity index (χ4v) is 1.35. The van der Waals surface area contributed by atoms with Crippen LogP contribution in [0.2, 0.25) is 0 Å². The van der Waals surface area contributed by atoms with Crippen LogP contribution in [0.3, 0.4) is 0 Å². The molecule has 0 aromatic carbocycles. The monoisotopic (exact) mass is 212 g/mol. The summed E-state index contributed by atoms with van der Waals surface area (Å²) in [5.41, 5.74) is 0.447. The van der Waals surface area contributed by atoms with Crippen LogP contribution >= 0.6 is 0 Å². The summed E-state index contributed by atoms with van der Waals surface area (Å²) in [4.78, 5) is 7.45.